The largest absolute Gasteiger partial charge is 0.477 e. The Bertz CT molecular complexity index is 835. The minimum atomic E-state index is -1.32. The van der Waals surface area contributed by atoms with Crippen molar-refractivity contribution in [2.24, 2.45) is 0 Å². The molecule has 0 unspecified atom stereocenters. The van der Waals surface area contributed by atoms with Crippen LogP contribution in [0.3, 0.4) is 0 Å². The van der Waals surface area contributed by atoms with Crippen molar-refractivity contribution in [3.8, 4) is 0 Å². The smallest absolute Gasteiger partial charge is 0.341 e. The number of hydrogen-bond donors (Lipinski definition) is 2. The number of fused-ring (bicyclic) bond motifs is 1. The van der Waals surface area contributed by atoms with E-state index in [1.807, 2.05) is 31.2 Å². The number of aromatic nitrogens is 1. The first-order valence-electron chi connectivity index (χ1n) is 7.05. The molecule has 1 aliphatic rings. The van der Waals surface area contributed by atoms with E-state index in [0.29, 0.717) is 24.1 Å². The molecule has 112 valence electrons. The van der Waals surface area contributed by atoms with Crippen molar-refractivity contribution < 1.29 is 14.7 Å². The molecule has 0 fully saturated rings. The van der Waals surface area contributed by atoms with Gasteiger partial charge < -0.3 is 10.1 Å². The van der Waals surface area contributed by atoms with E-state index in [-0.39, 0.29) is 17.3 Å². The molecule has 2 aromatic rings. The van der Waals surface area contributed by atoms with Crippen LogP contribution in [0.15, 0.2) is 35.1 Å². The van der Waals surface area contributed by atoms with Gasteiger partial charge in [0.15, 0.2) is 5.78 Å². The molecule has 0 amide bonds. The maximum atomic E-state index is 12.3. The van der Waals surface area contributed by atoms with E-state index in [2.05, 4.69) is 4.98 Å². The number of Topliss-reactive ketones (excluding diaryl/α,β-unsaturated/α-hetero) is 1. The lowest BCUT2D eigenvalue weighted by molar-refractivity contribution is 0.0695. The number of carboxylic acids is 1. The third-order valence-corrected chi connectivity index (χ3v) is 4.05. The number of hydrogen-bond acceptors (Lipinski definition) is 3. The van der Waals surface area contributed by atoms with E-state index in [1.165, 1.54) is 6.07 Å². The zero-order valence-corrected chi connectivity index (χ0v) is 12.1. The molecule has 22 heavy (non-hydrogen) atoms. The van der Waals surface area contributed by atoms with Gasteiger partial charge in [-0.1, -0.05) is 29.8 Å². The Kier molecular flexibility index (Phi) is 3.41. The second-order valence-corrected chi connectivity index (χ2v) is 5.65. The zero-order valence-electron chi connectivity index (χ0n) is 12.1. The summed E-state index contributed by atoms with van der Waals surface area (Å²) in [6, 6.07) is 9.14. The standard InChI is InChI=1S/C17H15NO4/c1-9-3-2-4-10(5-9)11-6-14-12(15(19)7-11)8-13(17(21)22)16(20)18-14/h2-5,8,11H,6-7H2,1H3,(H,18,20)(H,21,22)/t11-/m0/s1. The minimum absolute atomic E-state index is 0.00577. The van der Waals surface area contributed by atoms with Crippen molar-refractivity contribution in [3.63, 3.8) is 0 Å². The number of nitrogens with one attached hydrogen (secondary N) is 1. The van der Waals surface area contributed by atoms with Gasteiger partial charge in [-0.15, -0.1) is 0 Å². The molecule has 1 atom stereocenters. The van der Waals surface area contributed by atoms with E-state index >= 15 is 0 Å². The van der Waals surface area contributed by atoms with Crippen molar-refractivity contribution in [1.82, 2.24) is 4.98 Å². The van der Waals surface area contributed by atoms with Crippen molar-refractivity contribution in [2.45, 2.75) is 25.7 Å². The number of pyridine rings is 1. The van der Waals surface area contributed by atoms with Gasteiger partial charge in [-0.05, 0) is 30.9 Å². The predicted octanol–water partition coefficient (Wildman–Crippen LogP) is 2.29. The van der Waals surface area contributed by atoms with Crippen LogP contribution in [-0.4, -0.2) is 21.8 Å². The second-order valence-electron chi connectivity index (χ2n) is 5.65. The number of aromatic carboxylic acids is 1. The fourth-order valence-corrected chi connectivity index (χ4v) is 2.95. The van der Waals surface area contributed by atoms with Crippen molar-refractivity contribution in [3.05, 3.63) is 68.6 Å². The van der Waals surface area contributed by atoms with Crippen LogP contribution >= 0.6 is 0 Å². The average Bonchev–Trinajstić information content (AvgIpc) is 2.46. The molecule has 0 saturated carbocycles. The molecule has 5 heteroatoms. The summed E-state index contributed by atoms with van der Waals surface area (Å²) in [5.74, 6) is -1.45. The Balaban J connectivity index is 2.03. The maximum Gasteiger partial charge on any atom is 0.341 e. The zero-order chi connectivity index (χ0) is 15.9. The summed E-state index contributed by atoms with van der Waals surface area (Å²) in [6.07, 6.45) is 0.848. The third-order valence-electron chi connectivity index (χ3n) is 4.05. The summed E-state index contributed by atoms with van der Waals surface area (Å²) >= 11 is 0. The number of ketones is 1. The fourth-order valence-electron chi connectivity index (χ4n) is 2.95. The predicted molar refractivity (Wildman–Crippen MR) is 80.6 cm³/mol. The maximum absolute atomic E-state index is 12.3. The Hall–Kier alpha value is -2.69. The summed E-state index contributed by atoms with van der Waals surface area (Å²) < 4.78 is 0. The first kappa shape index (κ1) is 14.3. The average molecular weight is 297 g/mol. The number of carboxylic acid groups (broad SMARTS) is 1. The lowest BCUT2D eigenvalue weighted by Gasteiger charge is -2.24. The molecule has 1 aromatic heterocycles. The van der Waals surface area contributed by atoms with E-state index in [0.717, 1.165) is 11.1 Å². The van der Waals surface area contributed by atoms with Gasteiger partial charge in [0.05, 0.1) is 0 Å². The highest BCUT2D eigenvalue weighted by Crippen LogP contribution is 2.31. The molecule has 1 heterocycles. The van der Waals surface area contributed by atoms with Crippen molar-refractivity contribution in [2.75, 3.05) is 0 Å². The highest BCUT2D eigenvalue weighted by atomic mass is 16.4. The molecule has 0 aliphatic heterocycles. The van der Waals surface area contributed by atoms with Gasteiger partial charge in [-0.2, -0.15) is 0 Å². The van der Waals surface area contributed by atoms with Crippen LogP contribution in [0.2, 0.25) is 0 Å². The fraction of sp³-hybridized carbons (Fsp3) is 0.235. The molecule has 2 N–H and O–H groups in total. The number of aryl methyl sites for hydroxylation is 1. The lowest BCUT2D eigenvalue weighted by atomic mass is 9.81. The number of benzene rings is 1. The van der Waals surface area contributed by atoms with Crippen LogP contribution < -0.4 is 5.56 Å². The van der Waals surface area contributed by atoms with Crippen molar-refractivity contribution >= 4 is 11.8 Å². The molecule has 3 rings (SSSR count). The van der Waals surface area contributed by atoms with Gasteiger partial charge in [-0.3, -0.25) is 9.59 Å². The summed E-state index contributed by atoms with van der Waals surface area (Å²) in [4.78, 5) is 37.7. The highest BCUT2D eigenvalue weighted by Gasteiger charge is 2.28. The van der Waals surface area contributed by atoms with Crippen LogP contribution in [0.5, 0.6) is 0 Å². The van der Waals surface area contributed by atoms with Gasteiger partial charge in [0.1, 0.15) is 5.56 Å². The number of carbonyl (C=O) groups is 2. The van der Waals surface area contributed by atoms with Crippen LogP contribution in [0.1, 0.15) is 49.9 Å². The van der Waals surface area contributed by atoms with Crippen LogP contribution in [0.25, 0.3) is 0 Å². The van der Waals surface area contributed by atoms with Gasteiger partial charge in [0, 0.05) is 17.7 Å². The highest BCUT2D eigenvalue weighted by molar-refractivity contribution is 6.00. The molecule has 0 spiro atoms. The van der Waals surface area contributed by atoms with E-state index in [4.69, 9.17) is 5.11 Å². The minimum Gasteiger partial charge on any atom is -0.477 e. The third kappa shape index (κ3) is 2.45. The van der Waals surface area contributed by atoms with Crippen LogP contribution in [-0.2, 0) is 6.42 Å². The van der Waals surface area contributed by atoms with E-state index in [1.54, 1.807) is 0 Å². The first-order valence-corrected chi connectivity index (χ1v) is 7.05. The number of rotatable bonds is 2. The molecular weight excluding hydrogens is 282 g/mol. The SMILES string of the molecule is Cc1cccc([C@@H]2CC(=O)c3cc(C(=O)O)c(=O)[nH]c3C2)c1. The Morgan fingerprint density at radius 2 is 2.00 bits per heavy atom. The molecule has 0 radical (unpaired) electrons. The van der Waals surface area contributed by atoms with Crippen LogP contribution in [0, 0.1) is 6.92 Å². The van der Waals surface area contributed by atoms with E-state index in [9.17, 15) is 14.4 Å². The lowest BCUT2D eigenvalue weighted by Crippen LogP contribution is -2.27. The summed E-state index contributed by atoms with van der Waals surface area (Å²) in [5, 5.41) is 8.98. The molecule has 0 bridgehead atoms. The summed E-state index contributed by atoms with van der Waals surface area (Å²) in [6.45, 7) is 1.99. The molecular formula is C17H15NO4. The number of H-pyrrole nitrogens is 1. The second kappa shape index (κ2) is 5.26. The van der Waals surface area contributed by atoms with Crippen LogP contribution in [0.4, 0.5) is 0 Å². The van der Waals surface area contributed by atoms with Gasteiger partial charge in [0.25, 0.3) is 5.56 Å². The quantitative estimate of drug-likeness (QED) is 0.890. The van der Waals surface area contributed by atoms with Gasteiger partial charge >= 0.3 is 5.97 Å². The molecule has 1 aliphatic carbocycles. The molecule has 0 saturated heterocycles. The Morgan fingerprint density at radius 3 is 2.68 bits per heavy atom. The Labute approximate surface area is 126 Å². The molecule has 1 aromatic carbocycles. The summed E-state index contributed by atoms with van der Waals surface area (Å²) in [5.41, 5.74) is 1.97. The molecule has 5 nitrogen and oxygen atoms in total. The normalized spacial score (nSPS) is 17.1. The van der Waals surface area contributed by atoms with E-state index < -0.39 is 11.5 Å². The summed E-state index contributed by atoms with van der Waals surface area (Å²) in [7, 11) is 0. The number of aromatic amines is 1. The topological polar surface area (TPSA) is 87.2 Å². The van der Waals surface area contributed by atoms with Crippen molar-refractivity contribution in [1.29, 1.82) is 0 Å². The Morgan fingerprint density at radius 1 is 1.23 bits per heavy atom. The van der Waals surface area contributed by atoms with Gasteiger partial charge in [0.2, 0.25) is 0 Å². The van der Waals surface area contributed by atoms with Gasteiger partial charge in [-0.25, -0.2) is 4.79 Å². The monoisotopic (exact) mass is 297 g/mol. The number of carbonyl (C=O) groups excluding carboxylic acids is 1. The first-order chi connectivity index (χ1) is 10.5.